The third-order valence-corrected chi connectivity index (χ3v) is 4.22. The second-order valence-corrected chi connectivity index (χ2v) is 6.45. The van der Waals surface area contributed by atoms with E-state index in [1.807, 2.05) is 0 Å². The van der Waals surface area contributed by atoms with Crippen LogP contribution < -0.4 is 10.1 Å². The van der Waals surface area contributed by atoms with E-state index in [4.69, 9.17) is 27.9 Å². The number of hydrogen-bond donors (Lipinski definition) is 3. The van der Waals surface area contributed by atoms with Crippen LogP contribution in [-0.2, 0) is 0 Å². The zero-order chi connectivity index (χ0) is 15.3. The molecule has 0 spiro atoms. The molecule has 1 unspecified atom stereocenters. The number of halogens is 2. The number of rotatable bonds is 7. The van der Waals surface area contributed by atoms with Crippen LogP contribution in [0.4, 0.5) is 0 Å². The Labute approximate surface area is 135 Å². The maximum absolute atomic E-state index is 10.2. The van der Waals surface area contributed by atoms with Crippen molar-refractivity contribution in [3.05, 3.63) is 28.2 Å². The predicted octanol–water partition coefficient (Wildman–Crippen LogP) is 2.63. The first-order valence-corrected chi connectivity index (χ1v) is 7.93. The summed E-state index contributed by atoms with van der Waals surface area (Å²) in [7, 11) is 0. The summed E-state index contributed by atoms with van der Waals surface area (Å²) < 4.78 is 5.46. The molecule has 2 rings (SSSR count). The fraction of sp³-hybridized carbons (Fsp3) is 0.600. The van der Waals surface area contributed by atoms with Gasteiger partial charge in [-0.15, -0.1) is 0 Å². The molecule has 21 heavy (non-hydrogen) atoms. The molecular formula is C15H21Cl2NO3. The first-order chi connectivity index (χ1) is 9.98. The molecule has 0 aromatic heterocycles. The van der Waals surface area contributed by atoms with Crippen molar-refractivity contribution in [3.63, 3.8) is 0 Å². The van der Waals surface area contributed by atoms with Crippen molar-refractivity contribution in [3.8, 4) is 5.75 Å². The van der Waals surface area contributed by atoms with Crippen LogP contribution in [0.1, 0.15) is 25.7 Å². The van der Waals surface area contributed by atoms with Crippen LogP contribution >= 0.6 is 23.2 Å². The molecule has 0 bridgehead atoms. The Bertz CT molecular complexity index is 464. The van der Waals surface area contributed by atoms with E-state index in [0.29, 0.717) is 28.9 Å². The molecule has 1 aromatic rings. The minimum absolute atomic E-state index is 0.132. The molecule has 0 radical (unpaired) electrons. The quantitative estimate of drug-likeness (QED) is 0.717. The Morgan fingerprint density at radius 3 is 2.67 bits per heavy atom. The van der Waals surface area contributed by atoms with Crippen molar-refractivity contribution in [1.29, 1.82) is 0 Å². The highest BCUT2D eigenvalue weighted by Gasteiger charge is 2.30. The van der Waals surface area contributed by atoms with Crippen molar-refractivity contribution in [2.24, 2.45) is 0 Å². The van der Waals surface area contributed by atoms with Crippen molar-refractivity contribution in [1.82, 2.24) is 5.32 Å². The van der Waals surface area contributed by atoms with Crippen LogP contribution in [0.25, 0.3) is 0 Å². The molecule has 0 heterocycles. The molecule has 1 atom stereocenters. The number of benzene rings is 1. The maximum atomic E-state index is 10.2. The monoisotopic (exact) mass is 333 g/mol. The van der Waals surface area contributed by atoms with Crippen LogP contribution in [0.3, 0.4) is 0 Å². The second-order valence-electron chi connectivity index (χ2n) is 5.60. The summed E-state index contributed by atoms with van der Waals surface area (Å²) in [5.41, 5.74) is -0.611. The highest BCUT2D eigenvalue weighted by Crippen LogP contribution is 2.29. The Kier molecular flexibility index (Phi) is 6.14. The van der Waals surface area contributed by atoms with Gasteiger partial charge < -0.3 is 20.3 Å². The third-order valence-electron chi connectivity index (χ3n) is 3.69. The van der Waals surface area contributed by atoms with E-state index in [1.54, 1.807) is 18.2 Å². The van der Waals surface area contributed by atoms with Gasteiger partial charge in [0.25, 0.3) is 0 Å². The Morgan fingerprint density at radius 2 is 2.00 bits per heavy atom. The van der Waals surface area contributed by atoms with Gasteiger partial charge in [0.15, 0.2) is 0 Å². The van der Waals surface area contributed by atoms with Crippen LogP contribution in [0, 0.1) is 0 Å². The van der Waals surface area contributed by atoms with Gasteiger partial charge in [-0.1, -0.05) is 36.0 Å². The third kappa shape index (κ3) is 5.31. The van der Waals surface area contributed by atoms with Gasteiger partial charge in [-0.2, -0.15) is 0 Å². The molecule has 1 saturated carbocycles. The lowest BCUT2D eigenvalue weighted by atomic mass is 10.0. The van der Waals surface area contributed by atoms with Crippen molar-refractivity contribution in [2.75, 3.05) is 19.7 Å². The van der Waals surface area contributed by atoms with Gasteiger partial charge in [-0.25, -0.2) is 0 Å². The molecule has 0 aliphatic heterocycles. The summed E-state index contributed by atoms with van der Waals surface area (Å²) in [4.78, 5) is 0. The summed E-state index contributed by atoms with van der Waals surface area (Å²) in [6.45, 7) is 1.01. The topological polar surface area (TPSA) is 61.7 Å². The number of hydrogen-bond acceptors (Lipinski definition) is 4. The van der Waals surface area contributed by atoms with E-state index in [1.165, 1.54) is 0 Å². The molecule has 1 fully saturated rings. The SMILES string of the molecule is OC(CNCC1(O)CCCC1)COc1ccc(Cl)cc1Cl. The Morgan fingerprint density at radius 1 is 1.29 bits per heavy atom. The summed E-state index contributed by atoms with van der Waals surface area (Å²) in [5, 5.41) is 24.1. The van der Waals surface area contributed by atoms with Gasteiger partial charge in [0, 0.05) is 18.1 Å². The molecule has 0 saturated heterocycles. The molecule has 1 aliphatic carbocycles. The van der Waals surface area contributed by atoms with Crippen LogP contribution in [-0.4, -0.2) is 41.6 Å². The summed E-state index contributed by atoms with van der Waals surface area (Å²) in [6, 6.07) is 4.95. The van der Waals surface area contributed by atoms with Gasteiger partial charge in [0.1, 0.15) is 18.5 Å². The summed E-state index contributed by atoms with van der Waals surface area (Å²) in [6.07, 6.45) is 3.12. The zero-order valence-corrected chi connectivity index (χ0v) is 13.3. The first-order valence-electron chi connectivity index (χ1n) is 7.17. The van der Waals surface area contributed by atoms with Gasteiger partial charge in [0.05, 0.1) is 10.6 Å². The average molecular weight is 334 g/mol. The fourth-order valence-corrected chi connectivity index (χ4v) is 2.98. The van der Waals surface area contributed by atoms with Gasteiger partial charge >= 0.3 is 0 Å². The second kappa shape index (κ2) is 7.65. The van der Waals surface area contributed by atoms with Crippen LogP contribution in [0.2, 0.25) is 10.0 Å². The summed E-state index contributed by atoms with van der Waals surface area (Å²) in [5.74, 6) is 0.495. The van der Waals surface area contributed by atoms with Crippen molar-refractivity contribution < 1.29 is 14.9 Å². The molecule has 3 N–H and O–H groups in total. The van der Waals surface area contributed by atoms with Gasteiger partial charge in [-0.05, 0) is 31.0 Å². The van der Waals surface area contributed by atoms with Crippen LogP contribution in [0.5, 0.6) is 5.75 Å². The standard InChI is InChI=1S/C15H21Cl2NO3/c16-11-3-4-14(13(17)7-11)21-9-12(19)8-18-10-15(20)5-1-2-6-15/h3-4,7,12,18-20H,1-2,5-6,8-10H2. The Balaban J connectivity index is 1.68. The molecule has 0 amide bonds. The zero-order valence-electron chi connectivity index (χ0n) is 11.8. The minimum Gasteiger partial charge on any atom is -0.489 e. The fourth-order valence-electron chi connectivity index (χ4n) is 2.52. The number of aliphatic hydroxyl groups excluding tert-OH is 1. The average Bonchev–Trinajstić information content (AvgIpc) is 2.85. The number of nitrogens with one attached hydrogen (secondary N) is 1. The first kappa shape index (κ1) is 16.8. The molecular weight excluding hydrogens is 313 g/mol. The lowest BCUT2D eigenvalue weighted by molar-refractivity contribution is 0.0406. The van der Waals surface area contributed by atoms with E-state index in [-0.39, 0.29) is 6.61 Å². The molecule has 6 heteroatoms. The normalized spacial score (nSPS) is 18.7. The molecule has 118 valence electrons. The lowest BCUT2D eigenvalue weighted by Gasteiger charge is -2.23. The predicted molar refractivity (Wildman–Crippen MR) is 84.3 cm³/mol. The highest BCUT2D eigenvalue weighted by atomic mass is 35.5. The maximum Gasteiger partial charge on any atom is 0.138 e. The van der Waals surface area contributed by atoms with E-state index >= 15 is 0 Å². The number of ether oxygens (including phenoxy) is 1. The van der Waals surface area contributed by atoms with Crippen molar-refractivity contribution in [2.45, 2.75) is 37.4 Å². The smallest absolute Gasteiger partial charge is 0.138 e. The number of aliphatic hydroxyl groups is 2. The van der Waals surface area contributed by atoms with E-state index < -0.39 is 11.7 Å². The van der Waals surface area contributed by atoms with Crippen molar-refractivity contribution >= 4 is 23.2 Å². The minimum atomic E-state index is -0.665. The van der Waals surface area contributed by atoms with Gasteiger partial charge in [-0.3, -0.25) is 0 Å². The van der Waals surface area contributed by atoms with E-state index in [0.717, 1.165) is 25.7 Å². The molecule has 1 aliphatic rings. The largest absolute Gasteiger partial charge is 0.489 e. The molecule has 4 nitrogen and oxygen atoms in total. The lowest BCUT2D eigenvalue weighted by Crippen LogP contribution is -2.42. The van der Waals surface area contributed by atoms with Gasteiger partial charge in [0.2, 0.25) is 0 Å². The van der Waals surface area contributed by atoms with E-state index in [9.17, 15) is 10.2 Å². The van der Waals surface area contributed by atoms with Crippen LogP contribution in [0.15, 0.2) is 18.2 Å². The molecule has 1 aromatic carbocycles. The Hall–Kier alpha value is -0.520. The highest BCUT2D eigenvalue weighted by molar-refractivity contribution is 6.35. The summed E-state index contributed by atoms with van der Waals surface area (Å²) >= 11 is 11.8. The van der Waals surface area contributed by atoms with E-state index in [2.05, 4.69) is 5.32 Å².